The van der Waals surface area contributed by atoms with Gasteiger partial charge in [-0.15, -0.1) is 0 Å². The molecule has 2 rings (SSSR count). The lowest BCUT2D eigenvalue weighted by Gasteiger charge is -2.12. The molecule has 0 radical (unpaired) electrons. The molecule has 0 heterocycles. The standard InChI is InChI=1S/C16H14N2O5/c1-10(15(19)11-5-3-2-4-6-11)23-16(20)12-7-8-13(17)14(9-12)18(21)22/h2-10H,17H2,1H3. The summed E-state index contributed by atoms with van der Waals surface area (Å²) in [5.74, 6) is -1.19. The Morgan fingerprint density at radius 2 is 1.78 bits per heavy atom. The van der Waals surface area contributed by atoms with E-state index in [4.69, 9.17) is 10.5 Å². The molecule has 118 valence electrons. The Kier molecular flexibility index (Phi) is 4.70. The van der Waals surface area contributed by atoms with Gasteiger partial charge in [-0.1, -0.05) is 30.3 Å². The molecule has 2 aromatic carbocycles. The first-order valence-corrected chi connectivity index (χ1v) is 6.74. The summed E-state index contributed by atoms with van der Waals surface area (Å²) in [4.78, 5) is 34.3. The fourth-order valence-electron chi connectivity index (χ4n) is 1.95. The Morgan fingerprint density at radius 1 is 1.13 bits per heavy atom. The van der Waals surface area contributed by atoms with E-state index in [1.807, 2.05) is 0 Å². The molecule has 0 amide bonds. The van der Waals surface area contributed by atoms with E-state index in [1.165, 1.54) is 19.1 Å². The Balaban J connectivity index is 2.14. The third kappa shape index (κ3) is 3.70. The fraction of sp³-hybridized carbons (Fsp3) is 0.125. The van der Waals surface area contributed by atoms with Crippen LogP contribution in [0.2, 0.25) is 0 Å². The molecule has 2 N–H and O–H groups in total. The summed E-state index contributed by atoms with van der Waals surface area (Å²) in [6, 6.07) is 12.0. The Morgan fingerprint density at radius 3 is 2.39 bits per heavy atom. The molecule has 1 unspecified atom stereocenters. The minimum Gasteiger partial charge on any atom is -0.451 e. The zero-order chi connectivity index (χ0) is 17.0. The minimum absolute atomic E-state index is 0.0430. The van der Waals surface area contributed by atoms with Crippen LogP contribution in [-0.4, -0.2) is 22.8 Å². The fourth-order valence-corrected chi connectivity index (χ4v) is 1.95. The molecule has 7 heteroatoms. The monoisotopic (exact) mass is 314 g/mol. The third-order valence-corrected chi connectivity index (χ3v) is 3.17. The highest BCUT2D eigenvalue weighted by Crippen LogP contribution is 2.23. The van der Waals surface area contributed by atoms with Gasteiger partial charge >= 0.3 is 5.97 Å². The van der Waals surface area contributed by atoms with Crippen molar-refractivity contribution in [1.82, 2.24) is 0 Å². The number of ether oxygens (including phenoxy) is 1. The van der Waals surface area contributed by atoms with Gasteiger partial charge in [0.1, 0.15) is 5.69 Å². The molecule has 7 nitrogen and oxygen atoms in total. The normalized spacial score (nSPS) is 11.5. The van der Waals surface area contributed by atoms with Crippen LogP contribution in [0.1, 0.15) is 27.6 Å². The van der Waals surface area contributed by atoms with Crippen molar-refractivity contribution in [1.29, 1.82) is 0 Å². The molecule has 1 atom stereocenters. The predicted octanol–water partition coefficient (Wildman–Crippen LogP) is 2.61. The van der Waals surface area contributed by atoms with Crippen molar-refractivity contribution < 1.29 is 19.2 Å². The average molecular weight is 314 g/mol. The van der Waals surface area contributed by atoms with Gasteiger partial charge in [-0.25, -0.2) is 4.79 Å². The molecule has 0 aromatic heterocycles. The van der Waals surface area contributed by atoms with Gasteiger partial charge in [-0.05, 0) is 19.1 Å². The lowest BCUT2D eigenvalue weighted by atomic mass is 10.1. The summed E-state index contributed by atoms with van der Waals surface area (Å²) >= 11 is 0. The lowest BCUT2D eigenvalue weighted by Crippen LogP contribution is -2.24. The molecule has 0 aliphatic rings. The van der Waals surface area contributed by atoms with Gasteiger partial charge in [0.25, 0.3) is 5.69 Å². The maximum absolute atomic E-state index is 12.1. The van der Waals surface area contributed by atoms with Gasteiger partial charge in [0.05, 0.1) is 10.5 Å². The smallest absolute Gasteiger partial charge is 0.339 e. The van der Waals surface area contributed by atoms with Gasteiger partial charge in [0, 0.05) is 11.6 Å². The van der Waals surface area contributed by atoms with Gasteiger partial charge < -0.3 is 10.5 Å². The largest absolute Gasteiger partial charge is 0.451 e. The van der Waals surface area contributed by atoms with Gasteiger partial charge in [-0.2, -0.15) is 0 Å². The number of nitrogens with two attached hydrogens (primary N) is 1. The number of benzene rings is 2. The van der Waals surface area contributed by atoms with Crippen molar-refractivity contribution in [2.24, 2.45) is 0 Å². The second kappa shape index (κ2) is 6.69. The van der Waals surface area contributed by atoms with Crippen LogP contribution in [0, 0.1) is 10.1 Å². The summed E-state index contributed by atoms with van der Waals surface area (Å²) < 4.78 is 5.08. The summed E-state index contributed by atoms with van der Waals surface area (Å²) in [6.07, 6.45) is -1.01. The molecular weight excluding hydrogens is 300 g/mol. The summed E-state index contributed by atoms with van der Waals surface area (Å²) in [5.41, 5.74) is 5.40. The summed E-state index contributed by atoms with van der Waals surface area (Å²) in [7, 11) is 0. The molecule has 0 aliphatic carbocycles. The average Bonchev–Trinajstić information content (AvgIpc) is 2.54. The van der Waals surface area contributed by atoms with Crippen molar-refractivity contribution in [3.63, 3.8) is 0 Å². The number of nitrogens with zero attached hydrogens (tertiary/aromatic N) is 1. The highest BCUT2D eigenvalue weighted by molar-refractivity contribution is 6.01. The number of hydrogen-bond acceptors (Lipinski definition) is 6. The highest BCUT2D eigenvalue weighted by Gasteiger charge is 2.22. The SMILES string of the molecule is CC(OC(=O)c1ccc(N)c([N+](=O)[O-])c1)C(=O)c1ccccc1. The van der Waals surface area contributed by atoms with Crippen LogP contribution >= 0.6 is 0 Å². The summed E-state index contributed by atoms with van der Waals surface area (Å²) in [5, 5.41) is 10.8. The molecule has 0 aliphatic heterocycles. The van der Waals surface area contributed by atoms with Crippen LogP contribution in [0.15, 0.2) is 48.5 Å². The maximum Gasteiger partial charge on any atom is 0.339 e. The van der Waals surface area contributed by atoms with Crippen LogP contribution in [0.25, 0.3) is 0 Å². The number of carbonyl (C=O) groups is 2. The number of carbonyl (C=O) groups excluding carboxylic acids is 2. The second-order valence-electron chi connectivity index (χ2n) is 4.81. The number of hydrogen-bond donors (Lipinski definition) is 1. The van der Waals surface area contributed by atoms with Gasteiger partial charge in [0.2, 0.25) is 5.78 Å². The summed E-state index contributed by atoms with van der Waals surface area (Å²) in [6.45, 7) is 1.44. The van der Waals surface area contributed by atoms with Crippen LogP contribution in [0.4, 0.5) is 11.4 Å². The molecule has 0 spiro atoms. The van der Waals surface area contributed by atoms with E-state index in [-0.39, 0.29) is 22.7 Å². The number of esters is 1. The first-order valence-electron chi connectivity index (χ1n) is 6.74. The first-order chi connectivity index (χ1) is 10.9. The van der Waals surface area contributed by atoms with Crippen molar-refractivity contribution in [3.8, 4) is 0 Å². The number of nitro benzene ring substituents is 1. The number of Topliss-reactive ketones (excluding diaryl/α,β-unsaturated/α-hetero) is 1. The molecule has 0 saturated heterocycles. The van der Waals surface area contributed by atoms with Crippen molar-refractivity contribution >= 4 is 23.1 Å². The predicted molar refractivity (Wildman–Crippen MR) is 83.2 cm³/mol. The molecular formula is C16H14N2O5. The third-order valence-electron chi connectivity index (χ3n) is 3.17. The van der Waals surface area contributed by atoms with E-state index in [0.717, 1.165) is 6.07 Å². The van der Waals surface area contributed by atoms with Crippen molar-refractivity contribution in [3.05, 3.63) is 69.8 Å². The minimum atomic E-state index is -1.01. The van der Waals surface area contributed by atoms with Crippen molar-refractivity contribution in [2.45, 2.75) is 13.0 Å². The van der Waals surface area contributed by atoms with E-state index < -0.39 is 17.0 Å². The Bertz CT molecular complexity index is 758. The molecule has 0 bridgehead atoms. The molecule has 2 aromatic rings. The number of anilines is 1. The van der Waals surface area contributed by atoms with Gasteiger partial charge in [-0.3, -0.25) is 14.9 Å². The second-order valence-corrected chi connectivity index (χ2v) is 4.81. The zero-order valence-corrected chi connectivity index (χ0v) is 12.3. The quantitative estimate of drug-likeness (QED) is 0.298. The van der Waals surface area contributed by atoms with Gasteiger partial charge in [0.15, 0.2) is 6.10 Å². The topological polar surface area (TPSA) is 113 Å². The number of ketones is 1. The highest BCUT2D eigenvalue weighted by atomic mass is 16.6. The van der Waals surface area contributed by atoms with Crippen LogP contribution in [0.3, 0.4) is 0 Å². The molecule has 0 saturated carbocycles. The van der Waals surface area contributed by atoms with E-state index in [0.29, 0.717) is 5.56 Å². The first kappa shape index (κ1) is 16.2. The van der Waals surface area contributed by atoms with E-state index >= 15 is 0 Å². The van der Waals surface area contributed by atoms with E-state index in [9.17, 15) is 19.7 Å². The molecule has 0 fully saturated rings. The van der Waals surface area contributed by atoms with E-state index in [1.54, 1.807) is 30.3 Å². The Hall–Kier alpha value is -3.22. The molecule has 23 heavy (non-hydrogen) atoms. The Labute approximate surface area is 131 Å². The number of nitro groups is 1. The van der Waals surface area contributed by atoms with Crippen LogP contribution < -0.4 is 5.73 Å². The lowest BCUT2D eigenvalue weighted by molar-refractivity contribution is -0.383. The maximum atomic E-state index is 12.1. The number of nitrogen functional groups attached to an aromatic ring is 1. The van der Waals surface area contributed by atoms with E-state index in [2.05, 4.69) is 0 Å². The van der Waals surface area contributed by atoms with Crippen LogP contribution in [0.5, 0.6) is 0 Å². The van der Waals surface area contributed by atoms with Crippen LogP contribution in [-0.2, 0) is 4.74 Å². The number of rotatable bonds is 5. The zero-order valence-electron chi connectivity index (χ0n) is 12.3. The van der Waals surface area contributed by atoms with Crippen molar-refractivity contribution in [2.75, 3.05) is 5.73 Å².